The second-order valence-electron chi connectivity index (χ2n) is 17.0. The topological polar surface area (TPSA) is 33.5 Å². The summed E-state index contributed by atoms with van der Waals surface area (Å²) in [6, 6.07) is 21.5. The predicted octanol–water partition coefficient (Wildman–Crippen LogP) is 14.2. The minimum atomic E-state index is -0.542. The number of rotatable bonds is 8. The van der Waals surface area contributed by atoms with Crippen molar-refractivity contribution in [1.29, 1.82) is 0 Å². The zero-order valence-electron chi connectivity index (χ0n) is 49.8. The Balaban J connectivity index is 0.965. The predicted molar refractivity (Wildman–Crippen MR) is 260 cm³/mol. The van der Waals surface area contributed by atoms with Crippen LogP contribution in [0.3, 0.4) is 0 Å². The minimum absolute atomic E-state index is 0.0486. The number of hydrogen-bond donors (Lipinski definition) is 0. The number of pyridine rings is 1. The standard InChI is InChI=1S/C58H50N4O/c1-37-31-55(59-35-52(37)42-21-11-6-12-22-42)62-53-28-14-13-25-48(53)49-30-29-45(33-54(49)62)63-44-24-15-23-43(32-44)60-36-61(58-51-34-50(57(58)60)38(2)39(51)3)56-46(40-17-7-4-8-18-40)26-16-27-47(56)41-19-9-5-10-20-41/h4-33,35,38-39,50-51,57-58H,34,36H2,1-3H3/t38?,39?,50-,51?,57-,58?/m0/s1/i4D,5D,6D,7D,8D,9D,10D,11D,12D,17D,18D,19D,20D,21D,22D. The SMILES string of the molecule is [2H]c1c([2H])c([2H])c(-c2cnc(-n3c4ccccc4c4ccc(Oc5cccc(N6CN(c7c(-c8c([2H])c([2H])c([2H])c([2H])c8[2H])cccc7-c7c([2H])c([2H])c([2H])c([2H])c7[2H])C7C8C[C@@H](C(C)C8C)[C@@H]76)c5)cc43)cc2C)c([2H])c1[2H]. The number of ether oxygens (including phenoxy) is 1. The van der Waals surface area contributed by atoms with Crippen molar-refractivity contribution >= 4 is 33.2 Å². The summed E-state index contributed by atoms with van der Waals surface area (Å²) in [4.78, 5) is 9.37. The largest absolute Gasteiger partial charge is 0.457 e. The first-order valence-electron chi connectivity index (χ1n) is 28.9. The second-order valence-corrected chi connectivity index (χ2v) is 17.0. The molecule has 1 saturated heterocycles. The van der Waals surface area contributed by atoms with E-state index in [2.05, 4.69) is 23.6 Å². The Morgan fingerprint density at radius 2 is 1.16 bits per heavy atom. The van der Waals surface area contributed by atoms with Crippen LogP contribution in [0.1, 0.15) is 46.4 Å². The summed E-state index contributed by atoms with van der Waals surface area (Å²) in [5.74, 6) is 2.65. The highest BCUT2D eigenvalue weighted by Gasteiger charge is 2.62. The van der Waals surface area contributed by atoms with Gasteiger partial charge >= 0.3 is 0 Å². The molecule has 0 spiro atoms. The van der Waals surface area contributed by atoms with Gasteiger partial charge in [0, 0.05) is 51.5 Å². The van der Waals surface area contributed by atoms with Crippen LogP contribution < -0.4 is 14.5 Å². The van der Waals surface area contributed by atoms with E-state index in [4.69, 9.17) is 24.8 Å². The second kappa shape index (κ2) is 15.1. The lowest BCUT2D eigenvalue weighted by molar-refractivity contribution is 0.220. The number of hydrogen-bond acceptors (Lipinski definition) is 4. The Labute approximate surface area is 390 Å². The molecule has 0 radical (unpaired) electrons. The maximum atomic E-state index is 9.17. The van der Waals surface area contributed by atoms with Gasteiger partial charge in [-0.3, -0.25) is 4.57 Å². The molecule has 0 amide bonds. The molecular weight excluding hydrogens is 769 g/mol. The molecule has 63 heavy (non-hydrogen) atoms. The molecule has 3 heterocycles. The van der Waals surface area contributed by atoms with Crippen molar-refractivity contribution in [3.05, 3.63) is 193 Å². The van der Waals surface area contributed by atoms with Crippen molar-refractivity contribution in [3.8, 4) is 50.7 Å². The number of aromatic nitrogens is 2. The van der Waals surface area contributed by atoms with Crippen molar-refractivity contribution in [1.82, 2.24) is 9.55 Å². The highest BCUT2D eigenvalue weighted by atomic mass is 16.5. The number of anilines is 2. The van der Waals surface area contributed by atoms with Crippen LogP contribution in [-0.4, -0.2) is 28.3 Å². The highest BCUT2D eigenvalue weighted by molar-refractivity contribution is 6.09. The van der Waals surface area contributed by atoms with Crippen LogP contribution in [0.4, 0.5) is 11.4 Å². The molecule has 7 aromatic carbocycles. The molecule has 9 aromatic rings. The van der Waals surface area contributed by atoms with E-state index in [1.165, 1.54) is 0 Å². The van der Waals surface area contributed by atoms with Crippen molar-refractivity contribution in [2.75, 3.05) is 16.5 Å². The van der Waals surface area contributed by atoms with Crippen LogP contribution in [0.25, 0.3) is 61.0 Å². The number of nitrogens with zero attached hydrogens (tertiary/aromatic N) is 4. The molecule has 2 bridgehead atoms. The first-order valence-corrected chi connectivity index (χ1v) is 21.4. The van der Waals surface area contributed by atoms with Gasteiger partial charge in [-0.25, -0.2) is 4.98 Å². The first-order chi connectivity index (χ1) is 37.2. The molecule has 6 atom stereocenters. The van der Waals surface area contributed by atoms with Gasteiger partial charge < -0.3 is 14.5 Å². The molecule has 2 aromatic heterocycles. The molecule has 4 unspecified atom stereocenters. The fourth-order valence-corrected chi connectivity index (χ4v) is 11.0. The summed E-state index contributed by atoms with van der Waals surface area (Å²) in [5.41, 5.74) is 4.59. The van der Waals surface area contributed by atoms with Crippen LogP contribution in [0.5, 0.6) is 11.5 Å². The van der Waals surface area contributed by atoms with Crippen molar-refractivity contribution in [2.45, 2.75) is 39.3 Å². The highest BCUT2D eigenvalue weighted by Crippen LogP contribution is 2.60. The summed E-state index contributed by atoms with van der Waals surface area (Å²) in [5, 5.41) is 1.91. The summed E-state index contributed by atoms with van der Waals surface area (Å²) < 4.78 is 139. The van der Waals surface area contributed by atoms with Gasteiger partial charge in [-0.2, -0.15) is 0 Å². The van der Waals surface area contributed by atoms with Gasteiger partial charge in [0.25, 0.3) is 0 Å². The number of benzene rings is 7. The van der Waals surface area contributed by atoms with Crippen molar-refractivity contribution < 1.29 is 25.3 Å². The quantitative estimate of drug-likeness (QED) is 0.153. The monoisotopic (exact) mass is 833 g/mol. The Bertz CT molecular complexity index is 3880. The van der Waals surface area contributed by atoms with Crippen LogP contribution >= 0.6 is 0 Å². The third kappa shape index (κ3) is 6.16. The third-order valence-corrected chi connectivity index (χ3v) is 14.0. The smallest absolute Gasteiger partial charge is 0.137 e. The molecule has 2 saturated carbocycles. The molecule has 3 fully saturated rings. The average Bonchev–Trinajstić information content (AvgIpc) is 4.01. The minimum Gasteiger partial charge on any atom is -0.457 e. The van der Waals surface area contributed by atoms with Crippen LogP contribution in [0.2, 0.25) is 0 Å². The van der Waals surface area contributed by atoms with E-state index in [1.807, 2.05) is 84.3 Å². The first kappa shape index (κ1) is 25.1. The Kier molecular flexibility index (Phi) is 6.00. The molecule has 308 valence electrons. The van der Waals surface area contributed by atoms with E-state index >= 15 is 0 Å². The lowest BCUT2D eigenvalue weighted by atomic mass is 9.75. The van der Waals surface area contributed by atoms with Gasteiger partial charge in [-0.05, 0) is 95.7 Å². The summed E-state index contributed by atoms with van der Waals surface area (Å²) in [7, 11) is 0. The van der Waals surface area contributed by atoms with E-state index in [-0.39, 0.29) is 65.3 Å². The van der Waals surface area contributed by atoms with Gasteiger partial charge in [0.2, 0.25) is 0 Å². The normalized spacial score (nSPS) is 24.7. The molecular formula is C58H50N4O. The third-order valence-electron chi connectivity index (χ3n) is 14.0. The van der Waals surface area contributed by atoms with Gasteiger partial charge in [-0.1, -0.05) is 147 Å². The lowest BCUT2D eigenvalue weighted by Gasteiger charge is -2.40. The molecule has 12 rings (SSSR count). The van der Waals surface area contributed by atoms with Gasteiger partial charge in [0.15, 0.2) is 0 Å². The van der Waals surface area contributed by atoms with E-state index in [0.717, 1.165) is 33.9 Å². The molecule has 5 heteroatoms. The number of fused-ring (bicyclic) bond motifs is 8. The van der Waals surface area contributed by atoms with Crippen molar-refractivity contribution in [3.63, 3.8) is 0 Å². The fourth-order valence-electron chi connectivity index (χ4n) is 11.0. The summed E-state index contributed by atoms with van der Waals surface area (Å²) in [6.07, 6.45) is 2.46. The van der Waals surface area contributed by atoms with Gasteiger partial charge in [0.1, 0.15) is 17.3 Å². The Morgan fingerprint density at radius 1 is 0.571 bits per heavy atom. The Morgan fingerprint density at radius 3 is 1.83 bits per heavy atom. The van der Waals surface area contributed by atoms with E-state index < -0.39 is 78.6 Å². The maximum Gasteiger partial charge on any atom is 0.137 e. The number of para-hydroxylation sites is 2. The fraction of sp³-hybridized carbons (Fsp3) is 0.190. The Hall–Kier alpha value is -7.11. The summed E-state index contributed by atoms with van der Waals surface area (Å²) in [6.45, 7) is 6.62. The van der Waals surface area contributed by atoms with E-state index in [9.17, 15) is 5.48 Å². The molecule has 2 aliphatic carbocycles. The summed E-state index contributed by atoms with van der Waals surface area (Å²) >= 11 is 0. The molecule has 3 aliphatic rings. The van der Waals surface area contributed by atoms with Gasteiger partial charge in [0.05, 0.1) is 56.0 Å². The molecule has 1 aliphatic heterocycles. The van der Waals surface area contributed by atoms with E-state index in [0.29, 0.717) is 51.2 Å². The van der Waals surface area contributed by atoms with E-state index in [1.54, 1.807) is 24.4 Å². The zero-order chi connectivity index (χ0) is 55.2. The zero-order valence-corrected chi connectivity index (χ0v) is 34.8. The molecule has 5 nitrogen and oxygen atoms in total. The maximum absolute atomic E-state index is 9.17. The molecule has 0 N–H and O–H groups in total. The number of aryl methyl sites for hydroxylation is 1. The van der Waals surface area contributed by atoms with Gasteiger partial charge in [-0.15, -0.1) is 0 Å². The van der Waals surface area contributed by atoms with Crippen molar-refractivity contribution in [2.24, 2.45) is 23.7 Å². The lowest BCUT2D eigenvalue weighted by Crippen LogP contribution is -2.47. The van der Waals surface area contributed by atoms with Crippen LogP contribution in [0.15, 0.2) is 188 Å². The van der Waals surface area contributed by atoms with Crippen LogP contribution in [-0.2, 0) is 0 Å². The van der Waals surface area contributed by atoms with Crippen LogP contribution in [0, 0.1) is 30.6 Å². The average molecular weight is 834 g/mol.